The number of halogens is 3. The highest BCUT2D eigenvalue weighted by atomic mass is 19.3. The predicted octanol–water partition coefficient (Wildman–Crippen LogP) is 3.00. The number of anilines is 1. The van der Waals surface area contributed by atoms with Crippen molar-refractivity contribution in [3.8, 4) is 5.75 Å². The summed E-state index contributed by atoms with van der Waals surface area (Å²) < 4.78 is 41.5. The molecule has 6 heteroatoms. The van der Waals surface area contributed by atoms with Crippen LogP contribution in [0.25, 0.3) is 0 Å². The Balaban J connectivity index is 2.05. The SMILES string of the molecule is CC1(C)C(O)CC1Nc1ccc(OC(F)F)c(F)c1. The van der Waals surface area contributed by atoms with E-state index in [2.05, 4.69) is 10.1 Å². The van der Waals surface area contributed by atoms with Gasteiger partial charge < -0.3 is 15.2 Å². The van der Waals surface area contributed by atoms with Gasteiger partial charge in [0, 0.05) is 23.2 Å². The summed E-state index contributed by atoms with van der Waals surface area (Å²) in [5.41, 5.74) is 0.179. The first-order chi connectivity index (χ1) is 8.80. The van der Waals surface area contributed by atoms with Gasteiger partial charge in [-0.25, -0.2) is 4.39 Å². The zero-order valence-electron chi connectivity index (χ0n) is 10.7. The highest BCUT2D eigenvalue weighted by Gasteiger charge is 2.47. The average molecular weight is 275 g/mol. The molecule has 0 heterocycles. The summed E-state index contributed by atoms with van der Waals surface area (Å²) in [5, 5.41) is 12.7. The Bertz CT molecular complexity index is 465. The van der Waals surface area contributed by atoms with Crippen LogP contribution in [0.1, 0.15) is 20.3 Å². The zero-order valence-corrected chi connectivity index (χ0v) is 10.7. The fourth-order valence-corrected chi connectivity index (χ4v) is 2.13. The van der Waals surface area contributed by atoms with Crippen molar-refractivity contribution >= 4 is 5.69 Å². The minimum absolute atomic E-state index is 0.0174. The van der Waals surface area contributed by atoms with E-state index in [-0.39, 0.29) is 11.5 Å². The minimum atomic E-state index is -3.05. The van der Waals surface area contributed by atoms with E-state index in [1.54, 1.807) is 0 Å². The van der Waals surface area contributed by atoms with E-state index in [4.69, 9.17) is 0 Å². The first-order valence-corrected chi connectivity index (χ1v) is 5.99. The number of hydrogen-bond acceptors (Lipinski definition) is 3. The lowest BCUT2D eigenvalue weighted by molar-refractivity contribution is -0.0525. The van der Waals surface area contributed by atoms with Gasteiger partial charge in [-0.15, -0.1) is 0 Å². The molecule has 0 amide bonds. The summed E-state index contributed by atoms with van der Waals surface area (Å²) in [4.78, 5) is 0. The third-order valence-corrected chi connectivity index (χ3v) is 3.70. The Morgan fingerprint density at radius 2 is 2.11 bits per heavy atom. The molecule has 0 radical (unpaired) electrons. The normalized spacial score (nSPS) is 25.0. The highest BCUT2D eigenvalue weighted by Crippen LogP contribution is 2.42. The van der Waals surface area contributed by atoms with Crippen molar-refractivity contribution in [1.82, 2.24) is 0 Å². The number of rotatable bonds is 4. The maximum atomic E-state index is 13.5. The lowest BCUT2D eigenvalue weighted by Gasteiger charge is -2.49. The molecule has 1 aromatic rings. The molecule has 1 aromatic carbocycles. The Hall–Kier alpha value is -1.43. The highest BCUT2D eigenvalue weighted by molar-refractivity contribution is 5.49. The van der Waals surface area contributed by atoms with Crippen LogP contribution < -0.4 is 10.1 Å². The topological polar surface area (TPSA) is 41.5 Å². The molecule has 3 nitrogen and oxygen atoms in total. The van der Waals surface area contributed by atoms with E-state index >= 15 is 0 Å². The maximum Gasteiger partial charge on any atom is 0.387 e. The van der Waals surface area contributed by atoms with Crippen LogP contribution in [-0.4, -0.2) is 23.9 Å². The molecule has 2 N–H and O–H groups in total. The second-order valence-corrected chi connectivity index (χ2v) is 5.29. The number of alkyl halides is 2. The second kappa shape index (κ2) is 4.92. The molecule has 0 saturated heterocycles. The molecule has 1 aliphatic rings. The van der Waals surface area contributed by atoms with Crippen molar-refractivity contribution in [2.24, 2.45) is 5.41 Å². The van der Waals surface area contributed by atoms with Gasteiger partial charge in [-0.1, -0.05) is 13.8 Å². The molecule has 0 bridgehead atoms. The summed E-state index contributed by atoms with van der Waals surface area (Å²) in [7, 11) is 0. The van der Waals surface area contributed by atoms with E-state index in [9.17, 15) is 18.3 Å². The van der Waals surface area contributed by atoms with Gasteiger partial charge in [0.1, 0.15) is 0 Å². The molecule has 0 spiro atoms. The number of aliphatic hydroxyl groups is 1. The van der Waals surface area contributed by atoms with Gasteiger partial charge in [-0.05, 0) is 18.6 Å². The van der Waals surface area contributed by atoms with Crippen LogP contribution in [0.2, 0.25) is 0 Å². The first-order valence-electron chi connectivity index (χ1n) is 5.99. The molecular weight excluding hydrogens is 259 g/mol. The van der Waals surface area contributed by atoms with Crippen LogP contribution in [0, 0.1) is 11.2 Å². The standard InChI is InChI=1S/C13H16F3NO2/c1-13(2)10(6-11(13)18)17-7-3-4-9(8(14)5-7)19-12(15)16/h3-5,10-12,17-18H,6H2,1-2H3. The second-order valence-electron chi connectivity index (χ2n) is 5.29. The fraction of sp³-hybridized carbons (Fsp3) is 0.538. The van der Waals surface area contributed by atoms with Crippen LogP contribution in [0.5, 0.6) is 5.75 Å². The predicted molar refractivity (Wildman–Crippen MR) is 64.8 cm³/mol. The van der Waals surface area contributed by atoms with Crippen molar-refractivity contribution in [1.29, 1.82) is 0 Å². The van der Waals surface area contributed by atoms with E-state index < -0.39 is 24.3 Å². The lowest BCUT2D eigenvalue weighted by atomic mass is 9.64. The fourth-order valence-electron chi connectivity index (χ4n) is 2.13. The van der Waals surface area contributed by atoms with Gasteiger partial charge in [-0.3, -0.25) is 0 Å². The van der Waals surface area contributed by atoms with E-state index in [0.717, 1.165) is 12.1 Å². The maximum absolute atomic E-state index is 13.5. The number of aliphatic hydroxyl groups excluding tert-OH is 1. The summed E-state index contributed by atoms with van der Waals surface area (Å²) in [5.74, 6) is -1.32. The summed E-state index contributed by atoms with van der Waals surface area (Å²) in [6.07, 6.45) is 0.181. The van der Waals surface area contributed by atoms with Crippen LogP contribution in [-0.2, 0) is 0 Å². The average Bonchev–Trinajstić information content (AvgIpc) is 2.32. The summed E-state index contributed by atoms with van der Waals surface area (Å²) in [6, 6.07) is 3.76. The largest absolute Gasteiger partial charge is 0.432 e. The molecule has 2 atom stereocenters. The molecule has 0 aliphatic heterocycles. The molecule has 1 aliphatic carbocycles. The van der Waals surface area contributed by atoms with Gasteiger partial charge in [0.05, 0.1) is 6.10 Å². The van der Waals surface area contributed by atoms with Crippen LogP contribution in [0.15, 0.2) is 18.2 Å². The van der Waals surface area contributed by atoms with Crippen molar-refractivity contribution in [3.63, 3.8) is 0 Å². The molecule has 1 saturated carbocycles. The van der Waals surface area contributed by atoms with E-state index in [1.807, 2.05) is 13.8 Å². The number of ether oxygens (including phenoxy) is 1. The molecule has 1 fully saturated rings. The smallest absolute Gasteiger partial charge is 0.387 e. The van der Waals surface area contributed by atoms with E-state index in [0.29, 0.717) is 12.1 Å². The number of benzene rings is 1. The monoisotopic (exact) mass is 275 g/mol. The van der Waals surface area contributed by atoms with Gasteiger partial charge in [0.15, 0.2) is 11.6 Å². The Morgan fingerprint density at radius 3 is 2.58 bits per heavy atom. The quantitative estimate of drug-likeness (QED) is 0.887. The summed E-state index contributed by atoms with van der Waals surface area (Å²) in [6.45, 7) is 0.765. The van der Waals surface area contributed by atoms with E-state index in [1.165, 1.54) is 6.07 Å². The van der Waals surface area contributed by atoms with Crippen molar-refractivity contribution in [2.75, 3.05) is 5.32 Å². The van der Waals surface area contributed by atoms with Crippen LogP contribution in [0.4, 0.5) is 18.9 Å². The Morgan fingerprint density at radius 1 is 1.42 bits per heavy atom. The molecule has 0 aromatic heterocycles. The lowest BCUT2D eigenvalue weighted by Crippen LogP contribution is -2.56. The molecule has 106 valence electrons. The molecule has 2 unspecified atom stereocenters. The zero-order chi connectivity index (χ0) is 14.2. The van der Waals surface area contributed by atoms with Gasteiger partial charge in [-0.2, -0.15) is 8.78 Å². The molecule has 19 heavy (non-hydrogen) atoms. The van der Waals surface area contributed by atoms with Crippen LogP contribution in [0.3, 0.4) is 0 Å². The third kappa shape index (κ3) is 2.78. The van der Waals surface area contributed by atoms with Crippen molar-refractivity contribution in [2.45, 2.75) is 39.0 Å². The first kappa shape index (κ1) is 14.0. The molecular formula is C13H16F3NO2. The van der Waals surface area contributed by atoms with Crippen LogP contribution >= 0.6 is 0 Å². The van der Waals surface area contributed by atoms with Gasteiger partial charge in [0.2, 0.25) is 0 Å². The number of hydrogen-bond donors (Lipinski definition) is 2. The summed E-state index contributed by atoms with van der Waals surface area (Å²) >= 11 is 0. The number of nitrogens with one attached hydrogen (secondary N) is 1. The Kier molecular flexibility index (Phi) is 3.62. The van der Waals surface area contributed by atoms with Gasteiger partial charge >= 0.3 is 6.61 Å². The third-order valence-electron chi connectivity index (χ3n) is 3.70. The molecule has 2 rings (SSSR count). The van der Waals surface area contributed by atoms with Gasteiger partial charge in [0.25, 0.3) is 0 Å². The van der Waals surface area contributed by atoms with Crippen molar-refractivity contribution in [3.05, 3.63) is 24.0 Å². The minimum Gasteiger partial charge on any atom is -0.432 e. The van der Waals surface area contributed by atoms with Crippen molar-refractivity contribution < 1.29 is 23.0 Å². The Labute approximate surface area is 109 Å².